The van der Waals surface area contributed by atoms with Gasteiger partial charge >= 0.3 is 0 Å². The van der Waals surface area contributed by atoms with Crippen molar-refractivity contribution in [3.8, 4) is 11.5 Å². The number of nitrogens with zero attached hydrogens (tertiary/aromatic N) is 2. The van der Waals surface area contributed by atoms with Crippen LogP contribution in [0.3, 0.4) is 0 Å². The highest BCUT2D eigenvalue weighted by molar-refractivity contribution is 6.46. The number of aliphatic hydroxyl groups is 1. The number of hydrogen-bond acceptors (Lipinski definition) is 6. The summed E-state index contributed by atoms with van der Waals surface area (Å²) in [5.41, 5.74) is 2.84. The summed E-state index contributed by atoms with van der Waals surface area (Å²) in [6, 6.07) is 14.3. The van der Waals surface area contributed by atoms with E-state index in [0.29, 0.717) is 17.5 Å². The number of pyridine rings is 1. The van der Waals surface area contributed by atoms with Gasteiger partial charge in [-0.05, 0) is 66.1 Å². The van der Waals surface area contributed by atoms with E-state index >= 15 is 0 Å². The molecule has 0 bridgehead atoms. The van der Waals surface area contributed by atoms with Gasteiger partial charge in [-0.1, -0.05) is 12.1 Å². The second-order valence-corrected chi connectivity index (χ2v) is 8.33. The number of aromatic nitrogens is 1. The molecule has 2 unspecified atom stereocenters. The molecule has 3 heterocycles. The molecule has 2 N–H and O–H groups in total. The van der Waals surface area contributed by atoms with Crippen molar-refractivity contribution in [1.82, 2.24) is 9.88 Å². The third-order valence-corrected chi connectivity index (χ3v) is 6.02. The summed E-state index contributed by atoms with van der Waals surface area (Å²) in [5, 5.41) is 21.0. The molecule has 1 aromatic heterocycles. The van der Waals surface area contributed by atoms with Crippen LogP contribution in [0.5, 0.6) is 11.5 Å². The van der Waals surface area contributed by atoms with Crippen LogP contribution in [0.25, 0.3) is 5.76 Å². The number of amides is 1. The van der Waals surface area contributed by atoms with E-state index in [2.05, 4.69) is 4.98 Å². The van der Waals surface area contributed by atoms with Crippen molar-refractivity contribution in [2.45, 2.75) is 32.0 Å². The summed E-state index contributed by atoms with van der Waals surface area (Å²) in [5.74, 6) is -0.842. The van der Waals surface area contributed by atoms with Crippen molar-refractivity contribution in [3.05, 3.63) is 94.8 Å². The summed E-state index contributed by atoms with van der Waals surface area (Å²) in [6.07, 6.45) is 3.98. The van der Waals surface area contributed by atoms with Gasteiger partial charge in [-0.3, -0.25) is 14.6 Å². The highest BCUT2D eigenvalue weighted by atomic mass is 16.5. The lowest BCUT2D eigenvalue weighted by Crippen LogP contribution is -2.29. The Hall–Kier alpha value is -4.13. The van der Waals surface area contributed by atoms with E-state index in [1.807, 2.05) is 6.92 Å². The smallest absolute Gasteiger partial charge is 0.295 e. The molecule has 2 atom stereocenters. The molecule has 0 radical (unpaired) electrons. The molecule has 2 aliphatic rings. The Morgan fingerprint density at radius 1 is 1.09 bits per heavy atom. The molecule has 166 valence electrons. The zero-order chi connectivity index (χ0) is 23.1. The van der Waals surface area contributed by atoms with Crippen molar-refractivity contribution in [2.24, 2.45) is 0 Å². The minimum atomic E-state index is -0.804. The topological polar surface area (TPSA) is 100.0 Å². The van der Waals surface area contributed by atoms with Crippen molar-refractivity contribution in [3.63, 3.8) is 0 Å². The Morgan fingerprint density at radius 2 is 1.82 bits per heavy atom. The number of Topliss-reactive ketones (excluding diaryl/α,β-unsaturated/α-hetero) is 1. The maximum atomic E-state index is 13.2. The van der Waals surface area contributed by atoms with Gasteiger partial charge in [0.05, 0.1) is 11.6 Å². The molecule has 7 heteroatoms. The van der Waals surface area contributed by atoms with E-state index in [9.17, 15) is 19.8 Å². The first-order valence-electron chi connectivity index (χ1n) is 10.7. The van der Waals surface area contributed by atoms with E-state index in [1.165, 1.54) is 17.0 Å². The van der Waals surface area contributed by atoms with Crippen molar-refractivity contribution >= 4 is 17.4 Å². The van der Waals surface area contributed by atoms with Gasteiger partial charge in [0, 0.05) is 30.9 Å². The van der Waals surface area contributed by atoms with Gasteiger partial charge < -0.3 is 19.8 Å². The number of fused-ring (bicyclic) bond motifs is 1. The van der Waals surface area contributed by atoms with E-state index in [4.69, 9.17) is 4.74 Å². The third kappa shape index (κ3) is 3.71. The Bertz CT molecular complexity index is 1270. The summed E-state index contributed by atoms with van der Waals surface area (Å²) < 4.78 is 5.73. The quantitative estimate of drug-likeness (QED) is 0.363. The predicted octanol–water partition coefficient (Wildman–Crippen LogP) is 3.73. The first kappa shape index (κ1) is 20.8. The molecule has 2 aromatic carbocycles. The van der Waals surface area contributed by atoms with Crippen LogP contribution >= 0.6 is 0 Å². The first-order chi connectivity index (χ1) is 15.9. The Kier molecular flexibility index (Phi) is 5.09. The number of likely N-dealkylation sites (tertiary alicyclic amines) is 1. The van der Waals surface area contributed by atoms with Gasteiger partial charge in [-0.15, -0.1) is 0 Å². The minimum absolute atomic E-state index is 0.0201. The molecule has 3 aromatic rings. The average Bonchev–Trinajstić information content (AvgIpc) is 3.31. The average molecular weight is 442 g/mol. The molecular formula is C26H22N2O5. The standard InChI is InChI=1S/C26H22N2O5/c1-15-12-19-13-18(4-7-21(19)33-15)24(30)22-23(17-2-5-20(29)6-3-17)28(26(32)25(22)31)14-16-8-10-27-11-9-16/h2-11,13,15,23,29-30H,12,14H2,1H3/b24-22-. The molecule has 5 rings (SSSR count). The van der Waals surface area contributed by atoms with Crippen LogP contribution in [0, 0.1) is 0 Å². The van der Waals surface area contributed by atoms with Gasteiger partial charge in [0.1, 0.15) is 23.4 Å². The molecule has 2 aliphatic heterocycles. The number of carbonyl (C=O) groups is 2. The number of ether oxygens (including phenoxy) is 1. The van der Waals surface area contributed by atoms with Gasteiger partial charge in [0.2, 0.25) is 0 Å². The zero-order valence-corrected chi connectivity index (χ0v) is 17.9. The second kappa shape index (κ2) is 8.09. The fourth-order valence-corrected chi connectivity index (χ4v) is 4.46. The molecule has 1 saturated heterocycles. The number of aromatic hydroxyl groups is 1. The SMILES string of the molecule is CC1Cc2cc(/C(O)=C3/C(=O)C(=O)N(Cc4ccncc4)C3c3ccc(O)cc3)ccc2O1. The van der Waals surface area contributed by atoms with Crippen LogP contribution in [-0.4, -0.2) is 37.9 Å². The van der Waals surface area contributed by atoms with E-state index < -0.39 is 17.7 Å². The monoisotopic (exact) mass is 442 g/mol. The fourth-order valence-electron chi connectivity index (χ4n) is 4.46. The molecular weight excluding hydrogens is 420 g/mol. The molecule has 0 aliphatic carbocycles. The summed E-state index contributed by atoms with van der Waals surface area (Å²) in [6.45, 7) is 2.14. The number of ketones is 1. The van der Waals surface area contributed by atoms with Crippen LogP contribution in [0.15, 0.2) is 72.6 Å². The number of rotatable bonds is 4. The highest BCUT2D eigenvalue weighted by Crippen LogP contribution is 2.41. The third-order valence-electron chi connectivity index (χ3n) is 6.02. The van der Waals surface area contributed by atoms with Crippen molar-refractivity contribution < 1.29 is 24.5 Å². The molecule has 0 saturated carbocycles. The highest BCUT2D eigenvalue weighted by Gasteiger charge is 2.46. The van der Waals surface area contributed by atoms with Gasteiger partial charge in [0.15, 0.2) is 0 Å². The summed E-state index contributed by atoms with van der Waals surface area (Å²) in [7, 11) is 0. The number of phenolic OH excluding ortho intramolecular Hbond substituents is 1. The minimum Gasteiger partial charge on any atom is -0.508 e. The Labute approximate surface area is 190 Å². The molecule has 33 heavy (non-hydrogen) atoms. The second-order valence-electron chi connectivity index (χ2n) is 8.33. The Balaban J connectivity index is 1.62. The van der Waals surface area contributed by atoms with Crippen LogP contribution < -0.4 is 4.74 Å². The van der Waals surface area contributed by atoms with Gasteiger partial charge in [-0.2, -0.15) is 0 Å². The largest absolute Gasteiger partial charge is 0.508 e. The number of phenols is 1. The van der Waals surface area contributed by atoms with Gasteiger partial charge in [-0.25, -0.2) is 0 Å². The lowest BCUT2D eigenvalue weighted by molar-refractivity contribution is -0.140. The number of benzene rings is 2. The number of aliphatic hydroxyl groups excluding tert-OH is 1. The first-order valence-corrected chi connectivity index (χ1v) is 10.7. The Morgan fingerprint density at radius 3 is 2.55 bits per heavy atom. The molecule has 7 nitrogen and oxygen atoms in total. The zero-order valence-electron chi connectivity index (χ0n) is 17.9. The fraction of sp³-hybridized carbons (Fsp3) is 0.192. The van der Waals surface area contributed by atoms with Crippen molar-refractivity contribution in [2.75, 3.05) is 0 Å². The van der Waals surface area contributed by atoms with E-state index in [1.54, 1.807) is 54.9 Å². The van der Waals surface area contributed by atoms with Crippen LogP contribution in [-0.2, 0) is 22.6 Å². The van der Waals surface area contributed by atoms with Gasteiger partial charge in [0.25, 0.3) is 11.7 Å². The van der Waals surface area contributed by atoms with Crippen molar-refractivity contribution in [1.29, 1.82) is 0 Å². The van der Waals surface area contributed by atoms with E-state index in [-0.39, 0.29) is 29.7 Å². The predicted molar refractivity (Wildman–Crippen MR) is 120 cm³/mol. The number of hydrogen-bond donors (Lipinski definition) is 2. The van der Waals surface area contributed by atoms with Crippen LogP contribution in [0.2, 0.25) is 0 Å². The molecule has 1 amide bonds. The summed E-state index contributed by atoms with van der Waals surface area (Å²) >= 11 is 0. The summed E-state index contributed by atoms with van der Waals surface area (Å²) in [4.78, 5) is 31.7. The van der Waals surface area contributed by atoms with Crippen LogP contribution in [0.4, 0.5) is 0 Å². The number of carbonyl (C=O) groups excluding carboxylic acids is 2. The maximum Gasteiger partial charge on any atom is 0.295 e. The maximum absolute atomic E-state index is 13.2. The molecule has 0 spiro atoms. The molecule has 1 fully saturated rings. The van der Waals surface area contributed by atoms with E-state index in [0.717, 1.165) is 16.9 Å². The normalized spacial score (nSPS) is 21.2. The lowest BCUT2D eigenvalue weighted by atomic mass is 9.94. The lowest BCUT2D eigenvalue weighted by Gasteiger charge is -2.25. The van der Waals surface area contributed by atoms with Crippen LogP contribution in [0.1, 0.15) is 35.2 Å².